The predicted molar refractivity (Wildman–Crippen MR) is 64.4 cm³/mol. The molecule has 1 aromatic carbocycles. The molecule has 0 radical (unpaired) electrons. The molecule has 0 atom stereocenters. The van der Waals surface area contributed by atoms with Crippen molar-refractivity contribution in [2.45, 2.75) is 6.92 Å². The molecule has 94 valence electrons. The number of carbonyl (C=O) groups excluding carboxylic acids is 1. The van der Waals surface area contributed by atoms with Crippen molar-refractivity contribution < 1.29 is 14.3 Å². The van der Waals surface area contributed by atoms with Gasteiger partial charge < -0.3 is 9.47 Å². The number of ether oxygens (including phenoxy) is 2. The number of hydrogen-bond acceptors (Lipinski definition) is 5. The van der Waals surface area contributed by atoms with Crippen LogP contribution in [0.1, 0.15) is 6.92 Å². The molecule has 0 saturated heterocycles. The molecule has 0 spiro atoms. The second-order valence-electron chi connectivity index (χ2n) is 3.42. The van der Waals surface area contributed by atoms with Crippen LogP contribution in [0.25, 0.3) is 11.3 Å². The molecule has 0 saturated carbocycles. The summed E-state index contributed by atoms with van der Waals surface area (Å²) in [5.41, 5.74) is 1.33. The van der Waals surface area contributed by atoms with E-state index in [4.69, 9.17) is 9.47 Å². The van der Waals surface area contributed by atoms with Gasteiger partial charge in [0.2, 0.25) is 0 Å². The van der Waals surface area contributed by atoms with Crippen LogP contribution in [0.3, 0.4) is 0 Å². The first-order chi connectivity index (χ1) is 8.77. The molecule has 6 heteroatoms. The molecule has 1 aromatic heterocycles. The fourth-order valence-corrected chi connectivity index (χ4v) is 1.54. The molecule has 18 heavy (non-hydrogen) atoms. The highest BCUT2D eigenvalue weighted by Crippen LogP contribution is 2.26. The molecule has 0 fully saturated rings. The lowest BCUT2D eigenvalue weighted by atomic mass is 10.2. The number of nitrogens with zero attached hydrogens (tertiary/aromatic N) is 3. The van der Waals surface area contributed by atoms with Crippen molar-refractivity contribution in [1.29, 1.82) is 0 Å². The number of benzene rings is 1. The standard InChI is InChI=1S/C12H13N3O3/c1-3-18-12(16)15-11(17-2)10(13-14-15)9-7-5-4-6-8-9/h4-8H,3H2,1-2H3. The van der Waals surface area contributed by atoms with E-state index in [1.165, 1.54) is 7.11 Å². The molecule has 2 rings (SSSR count). The van der Waals surface area contributed by atoms with E-state index < -0.39 is 6.09 Å². The smallest absolute Gasteiger partial charge is 0.439 e. The number of carbonyl (C=O) groups is 1. The summed E-state index contributed by atoms with van der Waals surface area (Å²) in [6, 6.07) is 9.37. The zero-order chi connectivity index (χ0) is 13.0. The lowest BCUT2D eigenvalue weighted by Gasteiger charge is -2.05. The van der Waals surface area contributed by atoms with Crippen LogP contribution >= 0.6 is 0 Å². The van der Waals surface area contributed by atoms with Gasteiger partial charge in [-0.1, -0.05) is 35.5 Å². The summed E-state index contributed by atoms with van der Waals surface area (Å²) in [7, 11) is 1.46. The van der Waals surface area contributed by atoms with Crippen molar-refractivity contribution in [2.75, 3.05) is 13.7 Å². The van der Waals surface area contributed by atoms with Crippen LogP contribution in [0.15, 0.2) is 30.3 Å². The van der Waals surface area contributed by atoms with Crippen LogP contribution in [0, 0.1) is 0 Å². The zero-order valence-corrected chi connectivity index (χ0v) is 10.2. The molecule has 0 aliphatic carbocycles. The minimum Gasteiger partial charge on any atom is -0.479 e. The summed E-state index contributed by atoms with van der Waals surface area (Å²) in [6.07, 6.45) is -0.607. The van der Waals surface area contributed by atoms with Crippen LogP contribution < -0.4 is 4.74 Å². The van der Waals surface area contributed by atoms with Gasteiger partial charge >= 0.3 is 6.09 Å². The summed E-state index contributed by atoms with van der Waals surface area (Å²) >= 11 is 0. The average molecular weight is 247 g/mol. The lowest BCUT2D eigenvalue weighted by molar-refractivity contribution is 0.146. The average Bonchev–Trinajstić information content (AvgIpc) is 2.83. The Morgan fingerprint density at radius 2 is 2.06 bits per heavy atom. The van der Waals surface area contributed by atoms with Crippen LogP contribution in [0.4, 0.5) is 4.79 Å². The number of hydrogen-bond donors (Lipinski definition) is 0. The highest BCUT2D eigenvalue weighted by Gasteiger charge is 2.20. The molecule has 1 heterocycles. The molecular formula is C12H13N3O3. The Balaban J connectivity index is 2.42. The lowest BCUT2D eigenvalue weighted by Crippen LogP contribution is -2.16. The predicted octanol–water partition coefficient (Wildman–Crippen LogP) is 1.96. The van der Waals surface area contributed by atoms with Gasteiger partial charge in [0.15, 0.2) is 5.69 Å². The molecule has 2 aromatic rings. The molecule has 0 aliphatic heterocycles. The summed E-state index contributed by atoms with van der Waals surface area (Å²) in [5.74, 6) is 0.264. The van der Waals surface area contributed by atoms with Gasteiger partial charge in [-0.15, -0.1) is 9.78 Å². The minimum absolute atomic E-state index is 0.264. The molecule has 0 N–H and O–H groups in total. The van der Waals surface area contributed by atoms with Gasteiger partial charge in [0.1, 0.15) is 0 Å². The Morgan fingerprint density at radius 3 is 2.67 bits per heavy atom. The van der Waals surface area contributed by atoms with Crippen molar-refractivity contribution in [3.05, 3.63) is 30.3 Å². The Bertz CT molecular complexity index is 537. The monoisotopic (exact) mass is 247 g/mol. The third kappa shape index (κ3) is 2.17. The van der Waals surface area contributed by atoms with Crippen molar-refractivity contribution in [3.63, 3.8) is 0 Å². The zero-order valence-electron chi connectivity index (χ0n) is 10.2. The van der Waals surface area contributed by atoms with Crippen molar-refractivity contribution in [2.24, 2.45) is 0 Å². The SMILES string of the molecule is CCOC(=O)n1nnc(-c2ccccc2)c1OC. The van der Waals surface area contributed by atoms with Gasteiger partial charge in [-0.05, 0) is 6.92 Å². The van der Waals surface area contributed by atoms with Crippen molar-refractivity contribution >= 4 is 6.09 Å². The summed E-state index contributed by atoms with van der Waals surface area (Å²) < 4.78 is 11.0. The normalized spacial score (nSPS) is 10.1. The van der Waals surface area contributed by atoms with Crippen molar-refractivity contribution in [1.82, 2.24) is 15.0 Å². The first kappa shape index (κ1) is 12.1. The Labute approximate surface area is 104 Å². The fourth-order valence-electron chi connectivity index (χ4n) is 1.54. The van der Waals surface area contributed by atoms with E-state index in [0.717, 1.165) is 10.2 Å². The summed E-state index contributed by atoms with van der Waals surface area (Å²) in [6.45, 7) is 1.99. The maximum Gasteiger partial charge on any atom is 0.439 e. The molecule has 0 amide bonds. The second kappa shape index (κ2) is 5.31. The first-order valence-corrected chi connectivity index (χ1v) is 5.50. The maximum absolute atomic E-state index is 11.6. The van der Waals surface area contributed by atoms with Crippen LogP contribution in [0.5, 0.6) is 5.88 Å². The third-order valence-corrected chi connectivity index (χ3v) is 2.31. The van der Waals surface area contributed by atoms with E-state index in [9.17, 15) is 4.79 Å². The van der Waals surface area contributed by atoms with Crippen LogP contribution in [-0.2, 0) is 4.74 Å². The largest absolute Gasteiger partial charge is 0.479 e. The quantitative estimate of drug-likeness (QED) is 0.829. The first-order valence-electron chi connectivity index (χ1n) is 5.50. The molecule has 0 bridgehead atoms. The van der Waals surface area contributed by atoms with Gasteiger partial charge in [-0.25, -0.2) is 4.79 Å². The van der Waals surface area contributed by atoms with Gasteiger partial charge in [0, 0.05) is 5.56 Å². The number of methoxy groups -OCH3 is 1. The molecule has 6 nitrogen and oxygen atoms in total. The van der Waals surface area contributed by atoms with Gasteiger partial charge in [-0.2, -0.15) is 0 Å². The maximum atomic E-state index is 11.6. The van der Waals surface area contributed by atoms with Crippen LogP contribution in [-0.4, -0.2) is 34.8 Å². The van der Waals surface area contributed by atoms with Gasteiger partial charge in [0.05, 0.1) is 13.7 Å². The highest BCUT2D eigenvalue weighted by atomic mass is 16.6. The van der Waals surface area contributed by atoms with Crippen LogP contribution in [0.2, 0.25) is 0 Å². The summed E-state index contributed by atoms with van der Waals surface area (Å²) in [5, 5.41) is 7.70. The Kier molecular flexibility index (Phi) is 3.57. The third-order valence-electron chi connectivity index (χ3n) is 2.31. The minimum atomic E-state index is -0.607. The Hall–Kier alpha value is -2.37. The van der Waals surface area contributed by atoms with E-state index in [1.807, 2.05) is 30.3 Å². The van der Waals surface area contributed by atoms with Crippen molar-refractivity contribution in [3.8, 4) is 17.1 Å². The van der Waals surface area contributed by atoms with Gasteiger partial charge in [0.25, 0.3) is 5.88 Å². The van der Waals surface area contributed by atoms with E-state index in [-0.39, 0.29) is 12.5 Å². The topological polar surface area (TPSA) is 66.2 Å². The molecule has 0 unspecified atom stereocenters. The van der Waals surface area contributed by atoms with E-state index in [0.29, 0.717) is 5.69 Å². The number of aromatic nitrogens is 3. The summed E-state index contributed by atoms with van der Waals surface area (Å²) in [4.78, 5) is 11.6. The van der Waals surface area contributed by atoms with E-state index >= 15 is 0 Å². The fraction of sp³-hybridized carbons (Fsp3) is 0.250. The Morgan fingerprint density at radius 1 is 1.33 bits per heavy atom. The van der Waals surface area contributed by atoms with E-state index in [2.05, 4.69) is 10.3 Å². The second-order valence-corrected chi connectivity index (χ2v) is 3.42. The van der Waals surface area contributed by atoms with Gasteiger partial charge in [-0.3, -0.25) is 0 Å². The molecule has 0 aliphatic rings. The molecular weight excluding hydrogens is 234 g/mol. The van der Waals surface area contributed by atoms with E-state index in [1.54, 1.807) is 6.92 Å². The number of rotatable bonds is 3. The highest BCUT2D eigenvalue weighted by molar-refractivity contribution is 5.75.